The maximum atomic E-state index is 12.6. The van der Waals surface area contributed by atoms with Crippen LogP contribution in [0.25, 0.3) is 0 Å². The molecule has 1 aliphatic carbocycles. The zero-order valence-corrected chi connectivity index (χ0v) is 15.2. The van der Waals surface area contributed by atoms with E-state index in [0.29, 0.717) is 5.69 Å². The number of amides is 2. The Labute approximate surface area is 153 Å². The molecule has 0 radical (unpaired) electrons. The van der Waals surface area contributed by atoms with Crippen molar-refractivity contribution in [2.75, 3.05) is 4.90 Å². The van der Waals surface area contributed by atoms with Crippen molar-refractivity contribution in [1.82, 2.24) is 9.78 Å². The van der Waals surface area contributed by atoms with Gasteiger partial charge in [-0.3, -0.25) is 9.59 Å². The summed E-state index contributed by atoms with van der Waals surface area (Å²) in [4.78, 5) is 26.5. The Morgan fingerprint density at radius 3 is 2.36 bits per heavy atom. The average Bonchev–Trinajstić information content (AvgIpc) is 3.18. The van der Waals surface area contributed by atoms with Crippen LogP contribution in [-0.2, 0) is 16.3 Å². The van der Waals surface area contributed by atoms with Crippen LogP contribution in [0.5, 0.6) is 5.75 Å². The molecule has 0 bridgehead atoms. The fourth-order valence-electron chi connectivity index (χ4n) is 3.63. The third kappa shape index (κ3) is 3.08. The molecule has 1 aromatic carbocycles. The third-order valence-electron chi connectivity index (χ3n) is 4.90. The lowest BCUT2D eigenvalue weighted by molar-refractivity contribution is -0.122. The molecule has 2 aromatic rings. The average molecular weight is 404 g/mol. The lowest BCUT2D eigenvalue weighted by Gasteiger charge is -2.19. The Morgan fingerprint density at radius 2 is 1.72 bits per heavy atom. The molecule has 2 aliphatic rings. The molecule has 130 valence electrons. The molecule has 1 saturated carbocycles. The van der Waals surface area contributed by atoms with Crippen molar-refractivity contribution >= 4 is 33.4 Å². The van der Waals surface area contributed by atoms with Crippen LogP contribution in [0.2, 0.25) is 0 Å². The van der Waals surface area contributed by atoms with Crippen molar-refractivity contribution in [2.45, 2.75) is 32.4 Å². The number of imide groups is 1. The van der Waals surface area contributed by atoms with Crippen molar-refractivity contribution in [3.8, 4) is 5.75 Å². The predicted molar refractivity (Wildman–Crippen MR) is 94.9 cm³/mol. The number of nitrogens with zero attached hydrogens (tertiary/aromatic N) is 3. The predicted octanol–water partition coefficient (Wildman–Crippen LogP) is 3.36. The molecule has 1 aromatic heterocycles. The normalized spacial score (nSPS) is 23.0. The van der Waals surface area contributed by atoms with Gasteiger partial charge in [0.1, 0.15) is 5.75 Å². The molecule has 6 nitrogen and oxygen atoms in total. The molecule has 1 saturated heterocycles. The van der Waals surface area contributed by atoms with Gasteiger partial charge in [-0.1, -0.05) is 28.8 Å². The van der Waals surface area contributed by atoms with Gasteiger partial charge >= 0.3 is 0 Å². The smallest absolute Gasteiger partial charge is 0.237 e. The van der Waals surface area contributed by atoms with Gasteiger partial charge in [0.25, 0.3) is 0 Å². The first-order valence-corrected chi connectivity index (χ1v) is 9.21. The largest absolute Gasteiger partial charge is 0.471 e. The highest BCUT2D eigenvalue weighted by Gasteiger charge is 2.49. The topological polar surface area (TPSA) is 64.4 Å². The molecule has 1 aliphatic heterocycles. The SMILES string of the molecule is O=C1[C@H]2CCCC[C@@H]2C(=O)N1c1cnn(COc2ccc(Br)cc2)c1. The second-order valence-corrected chi connectivity index (χ2v) is 7.39. The summed E-state index contributed by atoms with van der Waals surface area (Å²) in [7, 11) is 0. The molecule has 0 unspecified atom stereocenters. The summed E-state index contributed by atoms with van der Waals surface area (Å²) in [6.07, 6.45) is 6.91. The van der Waals surface area contributed by atoms with Crippen molar-refractivity contribution in [3.63, 3.8) is 0 Å². The van der Waals surface area contributed by atoms with E-state index >= 15 is 0 Å². The molecule has 2 amide bonds. The Bertz CT molecular complexity index is 778. The van der Waals surface area contributed by atoms with Crippen molar-refractivity contribution in [3.05, 3.63) is 41.1 Å². The van der Waals surface area contributed by atoms with E-state index < -0.39 is 0 Å². The van der Waals surface area contributed by atoms with E-state index in [-0.39, 0.29) is 30.4 Å². The van der Waals surface area contributed by atoms with Gasteiger partial charge in [-0.05, 0) is 37.1 Å². The van der Waals surface area contributed by atoms with Crippen LogP contribution in [0.4, 0.5) is 5.69 Å². The fraction of sp³-hybridized carbons (Fsp3) is 0.389. The lowest BCUT2D eigenvalue weighted by atomic mass is 9.81. The van der Waals surface area contributed by atoms with E-state index in [4.69, 9.17) is 4.74 Å². The third-order valence-corrected chi connectivity index (χ3v) is 5.42. The molecule has 2 atom stereocenters. The van der Waals surface area contributed by atoms with Crippen LogP contribution in [-0.4, -0.2) is 21.6 Å². The number of ether oxygens (including phenoxy) is 1. The summed E-state index contributed by atoms with van der Waals surface area (Å²) in [5, 5.41) is 4.22. The highest BCUT2D eigenvalue weighted by molar-refractivity contribution is 9.10. The first-order chi connectivity index (χ1) is 12.1. The monoisotopic (exact) mass is 403 g/mol. The van der Waals surface area contributed by atoms with Gasteiger partial charge < -0.3 is 4.74 Å². The Morgan fingerprint density at radius 1 is 1.08 bits per heavy atom. The highest BCUT2D eigenvalue weighted by atomic mass is 79.9. The molecular formula is C18H18BrN3O3. The van der Waals surface area contributed by atoms with Crippen LogP contribution in [0.3, 0.4) is 0 Å². The minimum atomic E-state index is -0.149. The lowest BCUT2D eigenvalue weighted by Crippen LogP contribution is -2.30. The quantitative estimate of drug-likeness (QED) is 0.734. The number of hydrogen-bond acceptors (Lipinski definition) is 4. The van der Waals surface area contributed by atoms with Gasteiger partial charge in [-0.2, -0.15) is 5.10 Å². The van der Waals surface area contributed by atoms with Gasteiger partial charge in [0, 0.05) is 4.47 Å². The number of benzene rings is 1. The van der Waals surface area contributed by atoms with E-state index in [9.17, 15) is 9.59 Å². The zero-order valence-electron chi connectivity index (χ0n) is 13.6. The van der Waals surface area contributed by atoms with Crippen LogP contribution in [0.1, 0.15) is 25.7 Å². The van der Waals surface area contributed by atoms with Gasteiger partial charge in [0.15, 0.2) is 6.73 Å². The summed E-state index contributed by atoms with van der Waals surface area (Å²) < 4.78 is 8.23. The fourth-order valence-corrected chi connectivity index (χ4v) is 3.89. The Hall–Kier alpha value is -2.15. The first-order valence-electron chi connectivity index (χ1n) is 8.42. The number of rotatable bonds is 4. The molecular weight excluding hydrogens is 386 g/mol. The summed E-state index contributed by atoms with van der Waals surface area (Å²) in [6, 6.07) is 7.50. The van der Waals surface area contributed by atoms with E-state index in [1.165, 1.54) is 4.90 Å². The summed E-state index contributed by atoms with van der Waals surface area (Å²) in [5.74, 6) is 0.262. The summed E-state index contributed by atoms with van der Waals surface area (Å²) >= 11 is 3.38. The Kier molecular flexibility index (Phi) is 4.33. The van der Waals surface area contributed by atoms with Crippen LogP contribution < -0.4 is 9.64 Å². The molecule has 4 rings (SSSR count). The van der Waals surface area contributed by atoms with Gasteiger partial charge in [-0.25, -0.2) is 9.58 Å². The zero-order chi connectivity index (χ0) is 17.4. The number of carbonyl (C=O) groups excluding carboxylic acids is 2. The number of carbonyl (C=O) groups is 2. The summed E-state index contributed by atoms with van der Waals surface area (Å²) in [6.45, 7) is 0.213. The number of anilines is 1. The standard InChI is InChI=1S/C18H18BrN3O3/c19-12-5-7-14(8-6-12)25-11-21-10-13(9-20-21)22-17(23)15-3-1-2-4-16(15)18(22)24/h5-10,15-16H,1-4,11H2/t15-,16-/m0/s1. The number of halogens is 1. The van der Waals surface area contributed by atoms with Crippen LogP contribution >= 0.6 is 15.9 Å². The van der Waals surface area contributed by atoms with Crippen LogP contribution in [0.15, 0.2) is 41.1 Å². The molecule has 25 heavy (non-hydrogen) atoms. The minimum absolute atomic E-state index is 0.0805. The highest BCUT2D eigenvalue weighted by Crippen LogP contribution is 2.39. The number of hydrogen-bond donors (Lipinski definition) is 0. The molecule has 7 heteroatoms. The second-order valence-electron chi connectivity index (χ2n) is 6.47. The van der Waals surface area contributed by atoms with E-state index in [2.05, 4.69) is 21.0 Å². The van der Waals surface area contributed by atoms with E-state index in [1.807, 2.05) is 24.3 Å². The molecule has 0 N–H and O–H groups in total. The molecule has 2 fully saturated rings. The van der Waals surface area contributed by atoms with E-state index in [1.54, 1.807) is 17.1 Å². The minimum Gasteiger partial charge on any atom is -0.471 e. The molecule has 2 heterocycles. The van der Waals surface area contributed by atoms with Gasteiger partial charge in [0.2, 0.25) is 11.8 Å². The Balaban J connectivity index is 1.46. The second kappa shape index (κ2) is 6.63. The number of fused-ring (bicyclic) bond motifs is 1. The maximum absolute atomic E-state index is 12.6. The van der Waals surface area contributed by atoms with Gasteiger partial charge in [0.05, 0.1) is 29.9 Å². The van der Waals surface area contributed by atoms with Crippen LogP contribution in [0, 0.1) is 11.8 Å². The van der Waals surface area contributed by atoms with Crippen molar-refractivity contribution < 1.29 is 14.3 Å². The van der Waals surface area contributed by atoms with E-state index in [0.717, 1.165) is 35.9 Å². The maximum Gasteiger partial charge on any atom is 0.237 e. The van der Waals surface area contributed by atoms with Gasteiger partial charge in [-0.15, -0.1) is 0 Å². The first kappa shape index (κ1) is 16.3. The summed E-state index contributed by atoms with van der Waals surface area (Å²) in [5.41, 5.74) is 0.531. The number of aromatic nitrogens is 2. The van der Waals surface area contributed by atoms with Crippen molar-refractivity contribution in [1.29, 1.82) is 0 Å². The van der Waals surface area contributed by atoms with Crippen molar-refractivity contribution in [2.24, 2.45) is 11.8 Å². The molecule has 0 spiro atoms.